The number of hydrogen-bond acceptors (Lipinski definition) is 3. The van der Waals surface area contributed by atoms with Crippen molar-refractivity contribution in [3.63, 3.8) is 0 Å². The second-order valence-corrected chi connectivity index (χ2v) is 7.32. The molecule has 0 aliphatic carbocycles. The Morgan fingerprint density at radius 3 is 2.47 bits per heavy atom. The van der Waals surface area contributed by atoms with Crippen molar-refractivity contribution < 1.29 is 14.1 Å². The summed E-state index contributed by atoms with van der Waals surface area (Å²) in [6.07, 6.45) is 3.66. The number of furan rings is 1. The summed E-state index contributed by atoms with van der Waals surface area (Å²) in [6.45, 7) is 1.46. The summed E-state index contributed by atoms with van der Waals surface area (Å²) in [5.41, 5.74) is 4.11. The zero-order chi connectivity index (χ0) is 20.8. The molecular weight excluding hydrogens is 376 g/mol. The minimum Gasteiger partial charge on any atom is -0.467 e. The zero-order valence-corrected chi connectivity index (χ0v) is 16.9. The van der Waals surface area contributed by atoms with Gasteiger partial charge < -0.3 is 14.6 Å². The number of nitrogens with zero attached hydrogens (tertiary/aromatic N) is 2. The van der Waals surface area contributed by atoms with Crippen molar-refractivity contribution in [3.8, 4) is 16.9 Å². The van der Waals surface area contributed by atoms with Crippen LogP contribution in [0.15, 0.2) is 89.7 Å². The average molecular weight is 401 g/mol. The number of rotatable bonds is 8. The lowest BCUT2D eigenvalue weighted by Crippen LogP contribution is -3.08. The van der Waals surface area contributed by atoms with Gasteiger partial charge in [0.15, 0.2) is 6.54 Å². The molecule has 2 aromatic heterocycles. The summed E-state index contributed by atoms with van der Waals surface area (Å²) in [5, 5.41) is 7.75. The highest BCUT2D eigenvalue weighted by Gasteiger charge is 2.18. The summed E-state index contributed by atoms with van der Waals surface area (Å²) < 4.78 is 7.17. The maximum atomic E-state index is 12.3. The van der Waals surface area contributed by atoms with E-state index in [9.17, 15) is 4.79 Å². The van der Waals surface area contributed by atoms with E-state index in [4.69, 9.17) is 9.52 Å². The third-order valence-corrected chi connectivity index (χ3v) is 4.85. The van der Waals surface area contributed by atoms with Crippen LogP contribution in [0.1, 0.15) is 11.3 Å². The number of benzene rings is 2. The molecule has 152 valence electrons. The minimum absolute atomic E-state index is 0.0133. The molecule has 6 nitrogen and oxygen atoms in total. The fourth-order valence-electron chi connectivity index (χ4n) is 3.41. The fourth-order valence-corrected chi connectivity index (χ4v) is 3.41. The molecule has 2 N–H and O–H groups in total. The quantitative estimate of drug-likeness (QED) is 0.477. The maximum absolute atomic E-state index is 12.3. The van der Waals surface area contributed by atoms with Gasteiger partial charge in [0, 0.05) is 11.8 Å². The molecule has 1 unspecified atom stereocenters. The lowest BCUT2D eigenvalue weighted by atomic mass is 10.1. The van der Waals surface area contributed by atoms with Crippen molar-refractivity contribution in [2.45, 2.75) is 13.1 Å². The second kappa shape index (κ2) is 9.24. The standard InChI is InChI=1S/C24H24N4O2/c1-27(18-23(29)25-15-22-13-8-14-30-22)16-20-17-28(21-11-6-3-7-12-21)26-24(20)19-9-4-2-5-10-19/h2-14,17H,15-16,18H2,1H3,(H,25,29)/p+1. The smallest absolute Gasteiger partial charge is 0.275 e. The van der Waals surface area contributed by atoms with Gasteiger partial charge in [0.1, 0.15) is 18.0 Å². The van der Waals surface area contributed by atoms with Crippen LogP contribution in [-0.4, -0.2) is 29.3 Å². The first-order chi connectivity index (χ1) is 14.7. The number of aromatic nitrogens is 2. The van der Waals surface area contributed by atoms with Crippen molar-refractivity contribution >= 4 is 5.91 Å². The predicted octanol–water partition coefficient (Wildman–Crippen LogP) is 2.46. The van der Waals surface area contributed by atoms with E-state index in [0.29, 0.717) is 19.6 Å². The van der Waals surface area contributed by atoms with E-state index in [-0.39, 0.29) is 5.91 Å². The number of likely N-dealkylation sites (N-methyl/N-ethyl adjacent to an activating group) is 1. The Hall–Kier alpha value is -3.64. The van der Waals surface area contributed by atoms with Gasteiger partial charge in [-0.15, -0.1) is 0 Å². The third-order valence-electron chi connectivity index (χ3n) is 4.85. The maximum Gasteiger partial charge on any atom is 0.275 e. The molecule has 0 aliphatic rings. The van der Waals surface area contributed by atoms with Crippen LogP contribution >= 0.6 is 0 Å². The van der Waals surface area contributed by atoms with E-state index in [1.807, 2.05) is 72.4 Å². The number of nitrogens with one attached hydrogen (secondary N) is 2. The van der Waals surface area contributed by atoms with Crippen molar-refractivity contribution in [2.24, 2.45) is 0 Å². The number of amides is 1. The fraction of sp³-hybridized carbons (Fsp3) is 0.167. The van der Waals surface area contributed by atoms with E-state index in [2.05, 4.69) is 23.6 Å². The molecule has 0 fully saturated rings. The lowest BCUT2D eigenvalue weighted by Gasteiger charge is -2.13. The molecule has 6 heteroatoms. The number of carbonyl (C=O) groups excluding carboxylic acids is 1. The third kappa shape index (κ3) is 4.85. The molecule has 0 aliphatic heterocycles. The second-order valence-electron chi connectivity index (χ2n) is 7.32. The molecule has 0 bridgehead atoms. The van der Waals surface area contributed by atoms with Crippen molar-refractivity contribution in [3.05, 3.63) is 96.6 Å². The first-order valence-electron chi connectivity index (χ1n) is 9.99. The Morgan fingerprint density at radius 1 is 1.03 bits per heavy atom. The Balaban J connectivity index is 1.49. The van der Waals surface area contributed by atoms with Crippen LogP contribution in [0.3, 0.4) is 0 Å². The van der Waals surface area contributed by atoms with Crippen molar-refractivity contribution in [1.29, 1.82) is 0 Å². The summed E-state index contributed by atoms with van der Waals surface area (Å²) in [4.78, 5) is 13.4. The molecule has 0 radical (unpaired) electrons. The first kappa shape index (κ1) is 19.7. The molecular formula is C24H25N4O2+. The van der Waals surface area contributed by atoms with Crippen LogP contribution in [0.2, 0.25) is 0 Å². The molecule has 1 atom stereocenters. The largest absolute Gasteiger partial charge is 0.467 e. The zero-order valence-electron chi connectivity index (χ0n) is 16.9. The van der Waals surface area contributed by atoms with E-state index in [0.717, 1.165) is 33.2 Å². The van der Waals surface area contributed by atoms with Gasteiger partial charge in [-0.05, 0) is 24.3 Å². The van der Waals surface area contributed by atoms with Gasteiger partial charge in [-0.25, -0.2) is 4.68 Å². The molecule has 4 aromatic rings. The molecule has 0 saturated heterocycles. The molecule has 30 heavy (non-hydrogen) atoms. The summed E-state index contributed by atoms with van der Waals surface area (Å²) >= 11 is 0. The van der Waals surface area contributed by atoms with Gasteiger partial charge in [-0.1, -0.05) is 48.5 Å². The van der Waals surface area contributed by atoms with Crippen LogP contribution in [0.5, 0.6) is 0 Å². The normalized spacial score (nSPS) is 11.9. The first-order valence-corrected chi connectivity index (χ1v) is 9.99. The number of para-hydroxylation sites is 1. The van der Waals surface area contributed by atoms with Crippen LogP contribution in [0, 0.1) is 0 Å². The SMILES string of the molecule is C[NH+](CC(=O)NCc1ccco1)Cc1cn(-c2ccccc2)nc1-c1ccccc1. The summed E-state index contributed by atoms with van der Waals surface area (Å²) in [7, 11) is 2.01. The predicted molar refractivity (Wildman–Crippen MR) is 115 cm³/mol. The van der Waals surface area contributed by atoms with Crippen LogP contribution in [0.25, 0.3) is 16.9 Å². The van der Waals surface area contributed by atoms with E-state index < -0.39 is 0 Å². The highest BCUT2D eigenvalue weighted by atomic mass is 16.3. The van der Waals surface area contributed by atoms with Gasteiger partial charge >= 0.3 is 0 Å². The van der Waals surface area contributed by atoms with Crippen molar-refractivity contribution in [2.75, 3.05) is 13.6 Å². The van der Waals surface area contributed by atoms with E-state index in [1.165, 1.54) is 0 Å². The summed E-state index contributed by atoms with van der Waals surface area (Å²) in [6, 6.07) is 23.9. The topological polar surface area (TPSA) is 64.5 Å². The average Bonchev–Trinajstić information content (AvgIpc) is 3.43. The van der Waals surface area contributed by atoms with Crippen LogP contribution < -0.4 is 10.2 Å². The highest BCUT2D eigenvalue weighted by Crippen LogP contribution is 2.23. The molecule has 0 saturated carbocycles. The molecule has 2 aromatic carbocycles. The van der Waals surface area contributed by atoms with Gasteiger partial charge in [0.2, 0.25) is 0 Å². The lowest BCUT2D eigenvalue weighted by molar-refractivity contribution is -0.885. The minimum atomic E-state index is -0.0133. The van der Waals surface area contributed by atoms with Crippen LogP contribution in [0.4, 0.5) is 0 Å². The molecule has 2 heterocycles. The number of quaternary nitrogens is 1. The highest BCUT2D eigenvalue weighted by molar-refractivity contribution is 5.76. The van der Waals surface area contributed by atoms with Gasteiger partial charge in [0.25, 0.3) is 5.91 Å². The van der Waals surface area contributed by atoms with Gasteiger partial charge in [-0.3, -0.25) is 4.79 Å². The van der Waals surface area contributed by atoms with E-state index in [1.54, 1.807) is 6.26 Å². The Morgan fingerprint density at radius 2 is 1.77 bits per heavy atom. The number of hydrogen-bond donors (Lipinski definition) is 2. The number of carbonyl (C=O) groups is 1. The van der Waals surface area contributed by atoms with Gasteiger partial charge in [0.05, 0.1) is 31.1 Å². The Bertz CT molecular complexity index is 1070. The Labute approximate surface area is 175 Å². The van der Waals surface area contributed by atoms with Crippen LogP contribution in [-0.2, 0) is 17.9 Å². The molecule has 1 amide bonds. The monoisotopic (exact) mass is 401 g/mol. The van der Waals surface area contributed by atoms with E-state index >= 15 is 0 Å². The van der Waals surface area contributed by atoms with Crippen molar-refractivity contribution in [1.82, 2.24) is 15.1 Å². The summed E-state index contributed by atoms with van der Waals surface area (Å²) in [5.74, 6) is 0.733. The molecule has 0 spiro atoms. The molecule has 4 rings (SSSR count). The Kier molecular flexibility index (Phi) is 6.06. The van der Waals surface area contributed by atoms with Gasteiger partial charge in [-0.2, -0.15) is 5.10 Å².